The predicted molar refractivity (Wildman–Crippen MR) is 121 cm³/mol. The molecule has 1 saturated carbocycles. The number of amides is 2. The van der Waals surface area contributed by atoms with Crippen molar-refractivity contribution in [1.82, 2.24) is 4.90 Å². The number of rotatable bonds is 3. The van der Waals surface area contributed by atoms with E-state index in [2.05, 4.69) is 39.9 Å². The van der Waals surface area contributed by atoms with Crippen LogP contribution in [0, 0.1) is 18.3 Å². The van der Waals surface area contributed by atoms with Crippen LogP contribution in [0.3, 0.4) is 0 Å². The fraction of sp³-hybridized carbons (Fsp3) is 0.636. The summed E-state index contributed by atoms with van der Waals surface area (Å²) in [6.45, 7) is 12.7. The summed E-state index contributed by atoms with van der Waals surface area (Å²) in [5.41, 5.74) is 0.674. The minimum Gasteiger partial charge on any atom is -0.411 e. The third-order valence-electron chi connectivity index (χ3n) is 7.39. The van der Waals surface area contributed by atoms with Crippen molar-refractivity contribution < 1.29 is 14.3 Å². The molecule has 0 aromatic heterocycles. The molecule has 1 N–H and O–H groups in total. The number of likely N-dealkylation sites (N-methyl/N-ethyl adjacent to an activating group) is 1. The smallest absolute Gasteiger partial charge is 0.327 e. The van der Waals surface area contributed by atoms with Gasteiger partial charge < -0.3 is 14.4 Å². The molecule has 2 aliphatic rings. The van der Waals surface area contributed by atoms with E-state index in [1.807, 2.05) is 0 Å². The number of carbonyl (C=O) groups is 1. The molecule has 1 aliphatic carbocycles. The van der Waals surface area contributed by atoms with Gasteiger partial charge in [-0.3, -0.25) is 4.90 Å². The summed E-state index contributed by atoms with van der Waals surface area (Å²) in [6.07, 6.45) is 1.07. The topological polar surface area (TPSA) is 76.8 Å². The Kier molecular flexibility index (Phi) is 5.79. The van der Waals surface area contributed by atoms with Crippen LogP contribution in [0.2, 0.25) is 23.2 Å². The third kappa shape index (κ3) is 3.25. The molecular weight excluding hydrogens is 418 g/mol. The monoisotopic (exact) mass is 449 g/mol. The summed E-state index contributed by atoms with van der Waals surface area (Å²) in [5, 5.41) is 21.1. The van der Waals surface area contributed by atoms with Gasteiger partial charge in [0.15, 0.2) is 14.5 Å². The highest BCUT2D eigenvalue weighted by Crippen LogP contribution is 2.50. The number of hydrogen-bond donors (Lipinski definition) is 1. The number of urea groups is 1. The van der Waals surface area contributed by atoms with Crippen molar-refractivity contribution in [1.29, 1.82) is 5.26 Å². The maximum absolute atomic E-state index is 13.3. The molecule has 3 atom stereocenters. The maximum atomic E-state index is 13.3. The van der Waals surface area contributed by atoms with E-state index in [0.29, 0.717) is 28.3 Å². The number of nitriles is 1. The molecule has 3 unspecified atom stereocenters. The van der Waals surface area contributed by atoms with Gasteiger partial charge in [-0.1, -0.05) is 32.4 Å². The third-order valence-corrected chi connectivity index (χ3v) is 12.4. The Morgan fingerprint density at radius 2 is 2.00 bits per heavy atom. The predicted octanol–water partition coefficient (Wildman–Crippen LogP) is 5.02. The second kappa shape index (κ2) is 7.52. The van der Waals surface area contributed by atoms with Crippen LogP contribution in [0.4, 0.5) is 10.5 Å². The minimum atomic E-state index is -2.10. The van der Waals surface area contributed by atoms with Crippen LogP contribution in [0.1, 0.15) is 51.2 Å². The van der Waals surface area contributed by atoms with Crippen LogP contribution < -0.4 is 4.90 Å². The number of carbonyl (C=O) groups excluding carboxylic acids is 1. The van der Waals surface area contributed by atoms with Crippen LogP contribution >= 0.6 is 11.6 Å². The lowest BCUT2D eigenvalue weighted by atomic mass is 9.92. The Hall–Kier alpha value is -1.59. The van der Waals surface area contributed by atoms with Crippen molar-refractivity contribution in [3.8, 4) is 6.07 Å². The molecule has 0 radical (unpaired) electrons. The minimum absolute atomic E-state index is 0.0276. The van der Waals surface area contributed by atoms with Crippen molar-refractivity contribution in [2.45, 2.75) is 83.0 Å². The quantitative estimate of drug-likeness (QED) is 0.657. The zero-order valence-electron chi connectivity index (χ0n) is 18.9. The zero-order chi connectivity index (χ0) is 22.6. The highest BCUT2D eigenvalue weighted by molar-refractivity contribution is 6.74. The lowest BCUT2D eigenvalue weighted by Crippen LogP contribution is -2.60. The van der Waals surface area contributed by atoms with Crippen LogP contribution in [0.25, 0.3) is 0 Å². The van der Waals surface area contributed by atoms with Crippen molar-refractivity contribution in [3.05, 3.63) is 28.3 Å². The first kappa shape index (κ1) is 23.1. The highest BCUT2D eigenvalue weighted by atomic mass is 35.5. The lowest BCUT2D eigenvalue weighted by molar-refractivity contribution is -0.0252. The second-order valence-corrected chi connectivity index (χ2v) is 15.2. The average Bonchev–Trinajstić information content (AvgIpc) is 3.14. The number of hydrogen-bond acceptors (Lipinski definition) is 4. The van der Waals surface area contributed by atoms with E-state index < -0.39 is 20.1 Å². The van der Waals surface area contributed by atoms with Crippen LogP contribution in [0.5, 0.6) is 0 Å². The van der Waals surface area contributed by atoms with Crippen molar-refractivity contribution in [3.63, 3.8) is 0 Å². The normalized spacial score (nSPS) is 27.3. The van der Waals surface area contributed by atoms with E-state index in [0.717, 1.165) is 12.8 Å². The first-order valence-electron chi connectivity index (χ1n) is 10.4. The summed E-state index contributed by atoms with van der Waals surface area (Å²) in [7, 11) is -0.354. The number of halogens is 1. The molecule has 0 bridgehead atoms. The van der Waals surface area contributed by atoms with Crippen molar-refractivity contribution in [2.75, 3.05) is 11.9 Å². The number of aliphatic hydroxyl groups excluding tert-OH is 1. The summed E-state index contributed by atoms with van der Waals surface area (Å²) < 4.78 is 6.75. The standard InChI is InChI=1S/C22H32ClN3O3Si/c1-14-16(11-10-15(13-24)18(14)23)26-19(27)22(25(5)20(26)28)12-8-9-17(22)29-30(6,7)21(2,3)4/h10-11,17,19,27H,8-9,12H2,1-7H3. The number of benzene rings is 1. The van der Waals surface area contributed by atoms with Gasteiger partial charge in [-0.15, -0.1) is 0 Å². The fourth-order valence-corrected chi connectivity index (χ4v) is 6.04. The molecule has 1 spiro atoms. The Bertz CT molecular complexity index is 908. The molecule has 2 fully saturated rings. The molecule has 1 aromatic carbocycles. The maximum Gasteiger partial charge on any atom is 0.327 e. The van der Waals surface area contributed by atoms with E-state index in [-0.39, 0.29) is 17.2 Å². The van der Waals surface area contributed by atoms with E-state index in [4.69, 9.17) is 16.0 Å². The van der Waals surface area contributed by atoms with Gasteiger partial charge in [0.25, 0.3) is 0 Å². The van der Waals surface area contributed by atoms with E-state index >= 15 is 0 Å². The SMILES string of the molecule is Cc1c(N2C(=O)N(C)C3(CCCC3O[Si](C)(C)C(C)(C)C)C2O)ccc(C#N)c1Cl. The van der Waals surface area contributed by atoms with Gasteiger partial charge in [0.05, 0.1) is 22.4 Å². The lowest BCUT2D eigenvalue weighted by Gasteiger charge is -2.45. The van der Waals surface area contributed by atoms with E-state index in [1.54, 1.807) is 31.0 Å². The summed E-state index contributed by atoms with van der Waals surface area (Å²) in [5.74, 6) is 0. The molecule has 1 aromatic rings. The molecule has 2 amide bonds. The molecule has 1 saturated heterocycles. The first-order chi connectivity index (χ1) is 13.8. The van der Waals surface area contributed by atoms with E-state index in [1.165, 1.54) is 4.90 Å². The summed E-state index contributed by atoms with van der Waals surface area (Å²) >= 11 is 6.35. The Balaban J connectivity index is 2.03. The molecule has 1 aliphatic heterocycles. The van der Waals surface area contributed by atoms with Gasteiger partial charge in [-0.25, -0.2) is 4.79 Å². The van der Waals surface area contributed by atoms with Gasteiger partial charge in [-0.05, 0) is 62.0 Å². The molecule has 164 valence electrons. The Labute approximate surface area is 185 Å². The average molecular weight is 450 g/mol. The second-order valence-electron chi connectivity index (χ2n) is 10.0. The molecule has 8 heteroatoms. The van der Waals surface area contributed by atoms with E-state index in [9.17, 15) is 15.2 Å². The number of nitrogens with zero attached hydrogens (tertiary/aromatic N) is 3. The largest absolute Gasteiger partial charge is 0.411 e. The first-order valence-corrected chi connectivity index (χ1v) is 13.7. The molecule has 30 heavy (non-hydrogen) atoms. The van der Waals surface area contributed by atoms with Crippen LogP contribution in [-0.4, -0.2) is 49.3 Å². The van der Waals surface area contributed by atoms with Crippen LogP contribution in [0.15, 0.2) is 12.1 Å². The Morgan fingerprint density at radius 1 is 1.37 bits per heavy atom. The molecular formula is C22H32ClN3O3Si. The Morgan fingerprint density at radius 3 is 2.57 bits per heavy atom. The van der Waals surface area contributed by atoms with Crippen molar-refractivity contribution in [2.24, 2.45) is 0 Å². The van der Waals surface area contributed by atoms with Gasteiger partial charge in [0.1, 0.15) is 11.6 Å². The number of anilines is 1. The van der Waals surface area contributed by atoms with Gasteiger partial charge >= 0.3 is 6.03 Å². The van der Waals surface area contributed by atoms with Gasteiger partial charge in [0.2, 0.25) is 0 Å². The van der Waals surface area contributed by atoms with Gasteiger partial charge in [0, 0.05) is 7.05 Å². The molecule has 6 nitrogen and oxygen atoms in total. The molecule has 3 rings (SSSR count). The van der Waals surface area contributed by atoms with Crippen molar-refractivity contribution >= 4 is 31.6 Å². The van der Waals surface area contributed by atoms with Gasteiger partial charge in [-0.2, -0.15) is 5.26 Å². The summed E-state index contributed by atoms with van der Waals surface area (Å²) in [4.78, 5) is 16.4. The zero-order valence-corrected chi connectivity index (χ0v) is 20.7. The number of aliphatic hydroxyl groups is 1. The summed E-state index contributed by atoms with van der Waals surface area (Å²) in [6, 6.07) is 5.05. The molecule has 1 heterocycles. The highest BCUT2D eigenvalue weighted by Gasteiger charge is 2.63. The fourth-order valence-electron chi connectivity index (χ4n) is 4.45. The van der Waals surface area contributed by atoms with Crippen LogP contribution in [-0.2, 0) is 4.43 Å².